The second-order valence-corrected chi connectivity index (χ2v) is 5.59. The molecule has 1 saturated heterocycles. The number of aliphatic hydroxyl groups is 1. The highest BCUT2D eigenvalue weighted by Gasteiger charge is 2.32. The molecule has 0 saturated carbocycles. The quantitative estimate of drug-likeness (QED) is 0.886. The summed E-state index contributed by atoms with van der Waals surface area (Å²) in [7, 11) is 1.68. The van der Waals surface area contributed by atoms with E-state index in [1.54, 1.807) is 7.11 Å². The van der Waals surface area contributed by atoms with Crippen LogP contribution in [0.15, 0.2) is 24.3 Å². The zero-order valence-electron chi connectivity index (χ0n) is 12.1. The molecule has 0 spiro atoms. The van der Waals surface area contributed by atoms with E-state index in [0.717, 1.165) is 50.2 Å². The van der Waals surface area contributed by atoms with Crippen molar-refractivity contribution in [3.63, 3.8) is 0 Å². The van der Waals surface area contributed by atoms with Crippen LogP contribution in [0.1, 0.15) is 31.7 Å². The minimum Gasteiger partial charge on any atom is -0.497 e. The normalized spacial score (nSPS) is 19.3. The van der Waals surface area contributed by atoms with Crippen molar-refractivity contribution in [1.29, 1.82) is 0 Å². The van der Waals surface area contributed by atoms with Gasteiger partial charge in [-0.3, -0.25) is 0 Å². The number of hydrogen-bond acceptors (Lipinski definition) is 3. The van der Waals surface area contributed by atoms with Gasteiger partial charge in [0.1, 0.15) is 5.75 Å². The highest BCUT2D eigenvalue weighted by Crippen LogP contribution is 2.27. The third-order valence-electron chi connectivity index (χ3n) is 3.99. The van der Waals surface area contributed by atoms with Crippen LogP contribution in [0, 0.1) is 0 Å². The van der Waals surface area contributed by atoms with Gasteiger partial charge in [-0.2, -0.15) is 0 Å². The summed E-state index contributed by atoms with van der Waals surface area (Å²) in [4.78, 5) is 2.44. The molecule has 0 aliphatic carbocycles. The second kappa shape index (κ2) is 6.40. The van der Waals surface area contributed by atoms with E-state index in [4.69, 9.17) is 4.74 Å². The Balaban J connectivity index is 1.94. The number of piperidine rings is 1. The number of nitrogens with zero attached hydrogens (tertiary/aromatic N) is 1. The summed E-state index contributed by atoms with van der Waals surface area (Å²) in [6.45, 7) is 5.37. The van der Waals surface area contributed by atoms with E-state index in [2.05, 4.69) is 17.9 Å². The molecule has 1 fully saturated rings. The molecule has 0 atom stereocenters. The fourth-order valence-electron chi connectivity index (χ4n) is 2.85. The summed E-state index contributed by atoms with van der Waals surface area (Å²) in [6.07, 6.45) is 3.65. The van der Waals surface area contributed by atoms with Gasteiger partial charge in [-0.1, -0.05) is 19.1 Å². The van der Waals surface area contributed by atoms with E-state index < -0.39 is 5.60 Å². The van der Waals surface area contributed by atoms with E-state index in [0.29, 0.717) is 0 Å². The largest absolute Gasteiger partial charge is 0.497 e. The molecule has 0 bridgehead atoms. The molecular formula is C16H25NO2. The van der Waals surface area contributed by atoms with Gasteiger partial charge in [0.05, 0.1) is 12.7 Å². The lowest BCUT2D eigenvalue weighted by molar-refractivity contribution is -0.0205. The zero-order chi connectivity index (χ0) is 13.7. The molecule has 1 heterocycles. The van der Waals surface area contributed by atoms with Crippen molar-refractivity contribution in [3.05, 3.63) is 29.8 Å². The Bertz CT molecular complexity index is 397. The first kappa shape index (κ1) is 14.4. The topological polar surface area (TPSA) is 32.7 Å². The number of benzene rings is 1. The van der Waals surface area contributed by atoms with E-state index in [-0.39, 0.29) is 0 Å². The van der Waals surface area contributed by atoms with Crippen LogP contribution in [0.3, 0.4) is 0 Å². The number of rotatable bonds is 5. The lowest BCUT2D eigenvalue weighted by Gasteiger charge is -2.38. The lowest BCUT2D eigenvalue weighted by atomic mass is 9.85. The van der Waals surface area contributed by atoms with Crippen LogP contribution >= 0.6 is 0 Å². The van der Waals surface area contributed by atoms with Gasteiger partial charge in [-0.15, -0.1) is 0 Å². The van der Waals surface area contributed by atoms with Crippen LogP contribution in [-0.4, -0.2) is 42.4 Å². The van der Waals surface area contributed by atoms with Gasteiger partial charge in [-0.05, 0) is 43.5 Å². The lowest BCUT2D eigenvalue weighted by Crippen LogP contribution is -2.45. The van der Waals surface area contributed by atoms with Crippen molar-refractivity contribution in [3.8, 4) is 5.75 Å². The van der Waals surface area contributed by atoms with Crippen molar-refractivity contribution in [2.75, 3.05) is 26.7 Å². The number of methoxy groups -OCH3 is 1. The summed E-state index contributed by atoms with van der Waals surface area (Å²) < 4.78 is 5.24. The van der Waals surface area contributed by atoms with Gasteiger partial charge in [0.25, 0.3) is 0 Å². The van der Waals surface area contributed by atoms with Gasteiger partial charge in [-0.25, -0.2) is 0 Å². The molecule has 0 aromatic heterocycles. The molecule has 1 N–H and O–H groups in total. The van der Waals surface area contributed by atoms with Crippen LogP contribution < -0.4 is 4.74 Å². The maximum absolute atomic E-state index is 10.7. The molecule has 3 heteroatoms. The van der Waals surface area contributed by atoms with Crippen LogP contribution in [0.5, 0.6) is 5.75 Å². The van der Waals surface area contributed by atoms with E-state index in [9.17, 15) is 5.11 Å². The Morgan fingerprint density at radius 1 is 1.32 bits per heavy atom. The zero-order valence-corrected chi connectivity index (χ0v) is 12.1. The Hall–Kier alpha value is -1.06. The molecule has 19 heavy (non-hydrogen) atoms. The molecule has 3 nitrogen and oxygen atoms in total. The summed E-state index contributed by atoms with van der Waals surface area (Å²) in [5.74, 6) is 0.865. The first-order chi connectivity index (χ1) is 9.15. The molecule has 106 valence electrons. The minimum absolute atomic E-state index is 0.545. The fourth-order valence-corrected chi connectivity index (χ4v) is 2.85. The first-order valence-electron chi connectivity index (χ1n) is 7.23. The van der Waals surface area contributed by atoms with E-state index in [1.807, 2.05) is 18.2 Å². The summed E-state index contributed by atoms with van der Waals surface area (Å²) in [5.41, 5.74) is 0.613. The molecule has 2 rings (SSSR count). The first-order valence-corrected chi connectivity index (χ1v) is 7.23. The standard InChI is InChI=1S/C16H25NO2/c1-3-9-17-10-7-16(18,8-11-17)13-14-5-4-6-15(12-14)19-2/h4-6,12,18H,3,7-11,13H2,1-2H3. The van der Waals surface area contributed by atoms with Gasteiger partial charge in [0.2, 0.25) is 0 Å². The summed E-state index contributed by atoms with van der Waals surface area (Å²) in [6, 6.07) is 8.02. The van der Waals surface area contributed by atoms with Crippen molar-refractivity contribution >= 4 is 0 Å². The maximum Gasteiger partial charge on any atom is 0.119 e. The van der Waals surface area contributed by atoms with Gasteiger partial charge in [0, 0.05) is 19.5 Å². The summed E-state index contributed by atoms with van der Waals surface area (Å²) in [5, 5.41) is 10.7. The average Bonchev–Trinajstić information content (AvgIpc) is 2.42. The Labute approximate surface area is 116 Å². The third-order valence-corrected chi connectivity index (χ3v) is 3.99. The fraction of sp³-hybridized carbons (Fsp3) is 0.625. The van der Waals surface area contributed by atoms with E-state index >= 15 is 0 Å². The monoisotopic (exact) mass is 263 g/mol. The van der Waals surface area contributed by atoms with Gasteiger partial charge >= 0.3 is 0 Å². The van der Waals surface area contributed by atoms with Crippen LogP contribution in [0.4, 0.5) is 0 Å². The van der Waals surface area contributed by atoms with Crippen LogP contribution in [0.25, 0.3) is 0 Å². The van der Waals surface area contributed by atoms with Crippen molar-refractivity contribution in [2.45, 2.75) is 38.2 Å². The Kier molecular flexibility index (Phi) is 4.83. The molecule has 1 aromatic carbocycles. The third kappa shape index (κ3) is 3.95. The van der Waals surface area contributed by atoms with Crippen LogP contribution in [-0.2, 0) is 6.42 Å². The molecule has 0 unspecified atom stereocenters. The predicted octanol–water partition coefficient (Wildman–Crippen LogP) is 2.47. The summed E-state index contributed by atoms with van der Waals surface area (Å²) >= 11 is 0. The van der Waals surface area contributed by atoms with Crippen molar-refractivity contribution in [2.24, 2.45) is 0 Å². The molecular weight excluding hydrogens is 238 g/mol. The highest BCUT2D eigenvalue weighted by atomic mass is 16.5. The number of hydrogen-bond donors (Lipinski definition) is 1. The molecule has 0 amide bonds. The average molecular weight is 263 g/mol. The minimum atomic E-state index is -0.545. The van der Waals surface area contributed by atoms with E-state index in [1.165, 1.54) is 6.42 Å². The predicted molar refractivity (Wildman–Crippen MR) is 77.6 cm³/mol. The van der Waals surface area contributed by atoms with Crippen molar-refractivity contribution in [1.82, 2.24) is 4.90 Å². The number of ether oxygens (including phenoxy) is 1. The molecule has 1 aliphatic heterocycles. The second-order valence-electron chi connectivity index (χ2n) is 5.59. The molecule has 0 radical (unpaired) electrons. The molecule has 1 aromatic rings. The smallest absolute Gasteiger partial charge is 0.119 e. The Morgan fingerprint density at radius 3 is 2.68 bits per heavy atom. The van der Waals surface area contributed by atoms with Gasteiger partial charge < -0.3 is 14.7 Å². The van der Waals surface area contributed by atoms with Crippen LogP contribution in [0.2, 0.25) is 0 Å². The highest BCUT2D eigenvalue weighted by molar-refractivity contribution is 5.29. The van der Waals surface area contributed by atoms with Crippen molar-refractivity contribution < 1.29 is 9.84 Å². The van der Waals surface area contributed by atoms with Gasteiger partial charge in [0.15, 0.2) is 0 Å². The number of likely N-dealkylation sites (tertiary alicyclic amines) is 1. The maximum atomic E-state index is 10.7. The SMILES string of the molecule is CCCN1CCC(O)(Cc2cccc(OC)c2)CC1. The molecule has 1 aliphatic rings. The Morgan fingerprint density at radius 2 is 2.05 bits per heavy atom.